The van der Waals surface area contributed by atoms with Gasteiger partial charge in [0.25, 0.3) is 5.91 Å². The number of imidazole rings is 1. The molecule has 3 heterocycles. The minimum Gasteiger partial charge on any atom is -0.394 e. The molecule has 1 aliphatic heterocycles. The normalized spacial score (nSPS) is 20.3. The highest BCUT2D eigenvalue weighted by Crippen LogP contribution is 2.29. The van der Waals surface area contributed by atoms with Crippen LogP contribution < -0.4 is 10.2 Å². The number of carbonyl (C=O) groups excluding carboxylic acids is 1. The second-order valence-electron chi connectivity index (χ2n) is 7.27. The molecule has 2 aromatic heterocycles. The van der Waals surface area contributed by atoms with Gasteiger partial charge in [-0.1, -0.05) is 25.3 Å². The number of morpholine rings is 1. The second kappa shape index (κ2) is 7.25. The Balaban J connectivity index is 1.66. The highest BCUT2D eigenvalue weighted by atomic mass is 16.5. The molecule has 0 bridgehead atoms. The number of fused-ring (bicyclic) bond motifs is 1. The number of aliphatic hydroxyl groups excluding tert-OH is 1. The molecule has 1 saturated heterocycles. The van der Waals surface area contributed by atoms with Gasteiger partial charge in [-0.15, -0.1) is 0 Å². The lowest BCUT2D eigenvalue weighted by Crippen LogP contribution is -2.52. The van der Waals surface area contributed by atoms with Gasteiger partial charge in [0.1, 0.15) is 0 Å². The van der Waals surface area contributed by atoms with Crippen LogP contribution in [0.5, 0.6) is 0 Å². The first kappa shape index (κ1) is 17.3. The lowest BCUT2D eigenvalue weighted by molar-refractivity contribution is 0.0756. The van der Waals surface area contributed by atoms with Crippen molar-refractivity contribution >= 4 is 17.4 Å². The van der Waals surface area contributed by atoms with Crippen molar-refractivity contribution < 1.29 is 14.6 Å². The number of aliphatic hydroxyl groups is 1. The molecular formula is C19H26N4O3. The van der Waals surface area contributed by atoms with Gasteiger partial charge in [0.2, 0.25) is 5.95 Å². The van der Waals surface area contributed by atoms with Gasteiger partial charge in [-0.3, -0.25) is 9.20 Å². The van der Waals surface area contributed by atoms with E-state index in [1.807, 2.05) is 28.8 Å². The van der Waals surface area contributed by atoms with E-state index in [0.717, 1.165) is 56.7 Å². The van der Waals surface area contributed by atoms with Gasteiger partial charge < -0.3 is 20.1 Å². The maximum atomic E-state index is 13.0. The van der Waals surface area contributed by atoms with E-state index in [2.05, 4.69) is 15.2 Å². The lowest BCUT2D eigenvalue weighted by atomic mass is 9.82. The summed E-state index contributed by atoms with van der Waals surface area (Å²) in [4.78, 5) is 19.9. The maximum absolute atomic E-state index is 13.0. The van der Waals surface area contributed by atoms with Crippen molar-refractivity contribution in [2.45, 2.75) is 37.6 Å². The van der Waals surface area contributed by atoms with Crippen LogP contribution >= 0.6 is 0 Å². The molecule has 1 saturated carbocycles. The van der Waals surface area contributed by atoms with E-state index in [1.165, 1.54) is 0 Å². The van der Waals surface area contributed by atoms with Crippen LogP contribution in [0.25, 0.3) is 5.52 Å². The standard InChI is InChI=1S/C19H26N4O3/c24-14-19(7-3-1-4-8-19)21-17(25)16-15-6-2-5-9-23(15)18(20-16)22-10-12-26-13-11-22/h2,5-6,9,24H,1,3-4,7-8,10-14H2,(H,21,25). The third kappa shape index (κ3) is 3.17. The number of anilines is 1. The molecule has 7 heteroatoms. The number of nitrogens with zero attached hydrogens (tertiary/aromatic N) is 3. The molecule has 140 valence electrons. The molecule has 0 spiro atoms. The van der Waals surface area contributed by atoms with Crippen LogP contribution in [0.15, 0.2) is 24.4 Å². The van der Waals surface area contributed by atoms with Gasteiger partial charge in [0, 0.05) is 19.3 Å². The summed E-state index contributed by atoms with van der Waals surface area (Å²) in [7, 11) is 0. The van der Waals surface area contributed by atoms with Crippen LogP contribution in [-0.2, 0) is 4.74 Å². The molecule has 4 rings (SSSR count). The van der Waals surface area contributed by atoms with Gasteiger partial charge in [0.15, 0.2) is 5.69 Å². The molecule has 1 amide bonds. The van der Waals surface area contributed by atoms with Crippen LogP contribution in [0, 0.1) is 0 Å². The second-order valence-corrected chi connectivity index (χ2v) is 7.27. The number of aromatic nitrogens is 2. The third-order valence-electron chi connectivity index (χ3n) is 5.53. The van der Waals surface area contributed by atoms with Gasteiger partial charge in [0.05, 0.1) is 30.9 Å². The van der Waals surface area contributed by atoms with Gasteiger partial charge in [-0.2, -0.15) is 0 Å². The van der Waals surface area contributed by atoms with Crippen LogP contribution in [0.3, 0.4) is 0 Å². The molecule has 2 fully saturated rings. The van der Waals surface area contributed by atoms with Crippen molar-refractivity contribution in [3.8, 4) is 0 Å². The topological polar surface area (TPSA) is 79.1 Å². The largest absolute Gasteiger partial charge is 0.394 e. The Kier molecular flexibility index (Phi) is 4.82. The number of rotatable bonds is 4. The molecule has 2 aliphatic rings. The molecule has 0 radical (unpaired) electrons. The summed E-state index contributed by atoms with van der Waals surface area (Å²) < 4.78 is 7.40. The monoisotopic (exact) mass is 358 g/mol. The molecular weight excluding hydrogens is 332 g/mol. The molecule has 2 N–H and O–H groups in total. The minimum atomic E-state index is -0.515. The molecule has 0 atom stereocenters. The molecule has 1 aliphatic carbocycles. The molecule has 0 aromatic carbocycles. The number of nitrogens with one attached hydrogen (secondary N) is 1. The average molecular weight is 358 g/mol. The summed E-state index contributed by atoms with van der Waals surface area (Å²) in [6, 6.07) is 5.77. The third-order valence-corrected chi connectivity index (χ3v) is 5.53. The van der Waals surface area contributed by atoms with Crippen LogP contribution in [0.2, 0.25) is 0 Å². The summed E-state index contributed by atoms with van der Waals surface area (Å²) in [6.45, 7) is 2.82. The van der Waals surface area contributed by atoms with Crippen molar-refractivity contribution in [3.63, 3.8) is 0 Å². The van der Waals surface area contributed by atoms with E-state index >= 15 is 0 Å². The Hall–Kier alpha value is -2.12. The predicted octanol–water partition coefficient (Wildman–Crippen LogP) is 1.60. The summed E-state index contributed by atoms with van der Waals surface area (Å²) >= 11 is 0. The van der Waals surface area contributed by atoms with Crippen molar-refractivity contribution in [3.05, 3.63) is 30.1 Å². The fourth-order valence-electron chi connectivity index (χ4n) is 4.03. The fourth-order valence-corrected chi connectivity index (χ4v) is 4.03. The zero-order valence-corrected chi connectivity index (χ0v) is 15.0. The van der Waals surface area contributed by atoms with Crippen molar-refractivity contribution in [2.75, 3.05) is 37.8 Å². The van der Waals surface area contributed by atoms with Crippen LogP contribution in [0.1, 0.15) is 42.6 Å². The minimum absolute atomic E-state index is 0.0269. The predicted molar refractivity (Wildman–Crippen MR) is 98.6 cm³/mol. The highest BCUT2D eigenvalue weighted by Gasteiger charge is 2.34. The number of carbonyl (C=O) groups is 1. The van der Waals surface area contributed by atoms with E-state index in [1.54, 1.807) is 0 Å². The highest BCUT2D eigenvalue weighted by molar-refractivity contribution is 6.00. The van der Waals surface area contributed by atoms with E-state index in [9.17, 15) is 9.90 Å². The summed E-state index contributed by atoms with van der Waals surface area (Å²) in [6.07, 6.45) is 6.79. The van der Waals surface area contributed by atoms with Gasteiger partial charge in [-0.05, 0) is 25.0 Å². The number of ether oxygens (including phenoxy) is 1. The lowest BCUT2D eigenvalue weighted by Gasteiger charge is -2.36. The first-order valence-electron chi connectivity index (χ1n) is 9.46. The first-order chi connectivity index (χ1) is 12.7. The average Bonchev–Trinajstić information content (AvgIpc) is 3.09. The Labute approximate surface area is 153 Å². The molecule has 7 nitrogen and oxygen atoms in total. The van der Waals surface area contributed by atoms with E-state index in [0.29, 0.717) is 18.9 Å². The maximum Gasteiger partial charge on any atom is 0.272 e. The molecule has 0 unspecified atom stereocenters. The zero-order chi connectivity index (χ0) is 18.0. The van der Waals surface area contributed by atoms with Crippen molar-refractivity contribution in [2.24, 2.45) is 0 Å². The fraction of sp³-hybridized carbons (Fsp3) is 0.579. The van der Waals surface area contributed by atoms with Crippen LogP contribution in [0.4, 0.5) is 5.95 Å². The van der Waals surface area contributed by atoms with E-state index in [-0.39, 0.29) is 12.5 Å². The quantitative estimate of drug-likeness (QED) is 0.868. The summed E-state index contributed by atoms with van der Waals surface area (Å²) in [5, 5.41) is 13.0. The van der Waals surface area contributed by atoms with Gasteiger partial charge >= 0.3 is 0 Å². The Morgan fingerprint density at radius 3 is 2.73 bits per heavy atom. The van der Waals surface area contributed by atoms with Crippen LogP contribution in [-0.4, -0.2) is 58.8 Å². The smallest absolute Gasteiger partial charge is 0.272 e. The number of amides is 1. The summed E-state index contributed by atoms with van der Waals surface area (Å²) in [5.41, 5.74) is 0.694. The molecule has 26 heavy (non-hydrogen) atoms. The zero-order valence-electron chi connectivity index (χ0n) is 15.0. The Morgan fingerprint density at radius 1 is 1.23 bits per heavy atom. The van der Waals surface area contributed by atoms with Crippen molar-refractivity contribution in [1.29, 1.82) is 0 Å². The van der Waals surface area contributed by atoms with E-state index < -0.39 is 5.54 Å². The number of hydrogen-bond acceptors (Lipinski definition) is 5. The Morgan fingerprint density at radius 2 is 2.00 bits per heavy atom. The van der Waals surface area contributed by atoms with E-state index in [4.69, 9.17) is 4.74 Å². The first-order valence-corrected chi connectivity index (χ1v) is 9.46. The number of pyridine rings is 1. The Bertz CT molecular complexity index is 776. The number of hydrogen-bond donors (Lipinski definition) is 2. The van der Waals surface area contributed by atoms with Crippen molar-refractivity contribution in [1.82, 2.24) is 14.7 Å². The molecule has 2 aromatic rings. The van der Waals surface area contributed by atoms with Gasteiger partial charge in [-0.25, -0.2) is 4.98 Å². The summed E-state index contributed by atoms with van der Waals surface area (Å²) in [5.74, 6) is 0.569. The SMILES string of the molecule is O=C(NC1(CO)CCCCC1)c1nc(N2CCOCC2)n2ccccc12.